The molecule has 1 aliphatic carbocycles. The minimum absolute atomic E-state index is 0.0796. The number of aliphatic hydroxyl groups is 1. The van der Waals surface area contributed by atoms with E-state index in [1.165, 1.54) is 32.1 Å². The van der Waals surface area contributed by atoms with Crippen molar-refractivity contribution in [3.63, 3.8) is 0 Å². The molecule has 0 aromatic rings. The quantitative estimate of drug-likeness (QED) is 0.800. The van der Waals surface area contributed by atoms with Crippen molar-refractivity contribution in [1.82, 2.24) is 0 Å². The highest BCUT2D eigenvalue weighted by Gasteiger charge is 2.50. The van der Waals surface area contributed by atoms with Crippen LogP contribution >= 0.6 is 0 Å². The number of rotatable bonds is 2. The fourth-order valence-corrected chi connectivity index (χ4v) is 3.94. The Hall–Kier alpha value is -0.0800. The molecule has 2 heteroatoms. The third-order valence-electron chi connectivity index (χ3n) is 4.69. The van der Waals surface area contributed by atoms with Gasteiger partial charge in [0.15, 0.2) is 0 Å². The first-order chi connectivity index (χ1) is 7.82. The van der Waals surface area contributed by atoms with Crippen molar-refractivity contribution in [3.05, 3.63) is 0 Å². The van der Waals surface area contributed by atoms with E-state index in [4.69, 9.17) is 4.74 Å². The second kappa shape index (κ2) is 4.55. The van der Waals surface area contributed by atoms with Gasteiger partial charge in [-0.3, -0.25) is 0 Å². The van der Waals surface area contributed by atoms with Crippen LogP contribution in [0.25, 0.3) is 0 Å². The van der Waals surface area contributed by atoms with E-state index in [2.05, 4.69) is 27.7 Å². The summed E-state index contributed by atoms with van der Waals surface area (Å²) < 4.78 is 6.10. The summed E-state index contributed by atoms with van der Waals surface area (Å²) in [5, 5.41) is 10.7. The van der Waals surface area contributed by atoms with Crippen LogP contribution in [0.15, 0.2) is 0 Å². The zero-order valence-electron chi connectivity index (χ0n) is 11.8. The average molecular weight is 240 g/mol. The highest BCUT2D eigenvalue weighted by atomic mass is 16.5. The molecule has 0 spiro atoms. The minimum Gasteiger partial charge on any atom is -0.392 e. The van der Waals surface area contributed by atoms with Gasteiger partial charge in [-0.2, -0.15) is 0 Å². The summed E-state index contributed by atoms with van der Waals surface area (Å²) in [5.41, 5.74) is -0.260. The zero-order chi connectivity index (χ0) is 12.7. The van der Waals surface area contributed by atoms with E-state index >= 15 is 0 Å². The van der Waals surface area contributed by atoms with Crippen LogP contribution in [0.2, 0.25) is 0 Å². The molecular formula is C15H28O2. The molecule has 0 bridgehead atoms. The van der Waals surface area contributed by atoms with Crippen LogP contribution in [0, 0.1) is 11.8 Å². The SMILES string of the molecule is CC1(C)CC(C(O)C2CCCCC2)C(C)(C)O1. The number of hydrogen-bond donors (Lipinski definition) is 1. The maximum Gasteiger partial charge on any atom is 0.0687 e. The minimum atomic E-state index is -0.180. The predicted molar refractivity (Wildman–Crippen MR) is 69.9 cm³/mol. The predicted octanol–water partition coefficient (Wildman–Crippen LogP) is 3.52. The maximum atomic E-state index is 10.7. The molecule has 2 rings (SSSR count). The third-order valence-corrected chi connectivity index (χ3v) is 4.69. The van der Waals surface area contributed by atoms with Crippen molar-refractivity contribution in [2.45, 2.75) is 83.5 Å². The first-order valence-electron chi connectivity index (χ1n) is 7.20. The Balaban J connectivity index is 2.05. The lowest BCUT2D eigenvalue weighted by Crippen LogP contribution is -2.40. The van der Waals surface area contributed by atoms with E-state index in [1.807, 2.05) is 0 Å². The molecule has 2 fully saturated rings. The van der Waals surface area contributed by atoms with E-state index < -0.39 is 0 Å². The van der Waals surface area contributed by atoms with Crippen LogP contribution in [-0.4, -0.2) is 22.4 Å². The Morgan fingerprint density at radius 3 is 2.12 bits per heavy atom. The molecule has 2 aliphatic rings. The number of hydrogen-bond acceptors (Lipinski definition) is 2. The smallest absolute Gasteiger partial charge is 0.0687 e. The Morgan fingerprint density at radius 1 is 1.06 bits per heavy atom. The highest BCUT2D eigenvalue weighted by molar-refractivity contribution is 4.99. The van der Waals surface area contributed by atoms with Crippen LogP contribution in [0.5, 0.6) is 0 Å². The summed E-state index contributed by atoms with van der Waals surface area (Å²) in [7, 11) is 0. The summed E-state index contributed by atoms with van der Waals surface area (Å²) in [6, 6.07) is 0. The molecule has 0 radical (unpaired) electrons. The summed E-state index contributed by atoms with van der Waals surface area (Å²) in [6.07, 6.45) is 7.14. The zero-order valence-corrected chi connectivity index (χ0v) is 11.8. The van der Waals surface area contributed by atoms with Gasteiger partial charge in [-0.1, -0.05) is 19.3 Å². The van der Waals surface area contributed by atoms with Gasteiger partial charge in [0.05, 0.1) is 17.3 Å². The first-order valence-corrected chi connectivity index (χ1v) is 7.20. The molecule has 17 heavy (non-hydrogen) atoms. The molecule has 2 atom stereocenters. The van der Waals surface area contributed by atoms with Gasteiger partial charge in [0.25, 0.3) is 0 Å². The monoisotopic (exact) mass is 240 g/mol. The summed E-state index contributed by atoms with van der Waals surface area (Å²) in [6.45, 7) is 8.56. The molecule has 0 aromatic carbocycles. The molecule has 0 aromatic heterocycles. The van der Waals surface area contributed by atoms with Gasteiger partial charge in [0, 0.05) is 5.92 Å². The van der Waals surface area contributed by atoms with Gasteiger partial charge >= 0.3 is 0 Å². The van der Waals surface area contributed by atoms with E-state index in [1.54, 1.807) is 0 Å². The highest BCUT2D eigenvalue weighted by Crippen LogP contribution is 2.46. The van der Waals surface area contributed by atoms with Crippen LogP contribution in [0.4, 0.5) is 0 Å². The Morgan fingerprint density at radius 2 is 1.65 bits per heavy atom. The third kappa shape index (κ3) is 2.85. The molecule has 2 nitrogen and oxygen atoms in total. The molecule has 0 amide bonds. The van der Waals surface area contributed by atoms with Crippen LogP contribution in [0.1, 0.15) is 66.2 Å². The van der Waals surface area contributed by atoms with Gasteiger partial charge in [-0.25, -0.2) is 0 Å². The van der Waals surface area contributed by atoms with E-state index in [0.717, 1.165) is 6.42 Å². The van der Waals surface area contributed by atoms with E-state index in [0.29, 0.717) is 11.8 Å². The molecular weight excluding hydrogens is 212 g/mol. The molecule has 1 N–H and O–H groups in total. The lowest BCUT2D eigenvalue weighted by Gasteiger charge is -2.36. The van der Waals surface area contributed by atoms with Crippen molar-refractivity contribution in [2.24, 2.45) is 11.8 Å². The van der Waals surface area contributed by atoms with E-state index in [-0.39, 0.29) is 17.3 Å². The second-order valence-electron chi connectivity index (χ2n) is 7.16. The fraction of sp³-hybridized carbons (Fsp3) is 1.00. The van der Waals surface area contributed by atoms with Crippen LogP contribution in [-0.2, 0) is 4.74 Å². The van der Waals surface area contributed by atoms with Crippen molar-refractivity contribution < 1.29 is 9.84 Å². The maximum absolute atomic E-state index is 10.7. The van der Waals surface area contributed by atoms with Crippen molar-refractivity contribution in [1.29, 1.82) is 0 Å². The second-order valence-corrected chi connectivity index (χ2v) is 7.16. The topological polar surface area (TPSA) is 29.5 Å². The molecule has 2 unspecified atom stereocenters. The van der Waals surface area contributed by atoms with Crippen molar-refractivity contribution in [2.75, 3.05) is 0 Å². The molecule has 1 aliphatic heterocycles. The van der Waals surface area contributed by atoms with Crippen molar-refractivity contribution >= 4 is 0 Å². The Bertz CT molecular complexity index is 264. The van der Waals surface area contributed by atoms with Gasteiger partial charge in [-0.15, -0.1) is 0 Å². The van der Waals surface area contributed by atoms with Gasteiger partial charge in [0.1, 0.15) is 0 Å². The Kier molecular flexibility index (Phi) is 3.57. The average Bonchev–Trinajstić information content (AvgIpc) is 2.47. The standard InChI is InChI=1S/C15H28O2/c1-14(2)10-12(15(3,4)17-14)13(16)11-8-6-5-7-9-11/h11-13,16H,5-10H2,1-4H3. The fourth-order valence-electron chi connectivity index (χ4n) is 3.94. The molecule has 1 saturated heterocycles. The molecule has 1 saturated carbocycles. The van der Waals surface area contributed by atoms with Crippen molar-refractivity contribution in [3.8, 4) is 0 Å². The summed E-state index contributed by atoms with van der Waals surface area (Å²) in [4.78, 5) is 0. The lowest BCUT2D eigenvalue weighted by atomic mass is 9.74. The lowest BCUT2D eigenvalue weighted by molar-refractivity contribution is -0.0954. The number of ether oxygens (including phenoxy) is 1. The summed E-state index contributed by atoms with van der Waals surface area (Å²) in [5.74, 6) is 0.797. The molecule has 100 valence electrons. The number of aliphatic hydroxyl groups excluding tert-OH is 1. The first kappa shape index (κ1) is 13.4. The summed E-state index contributed by atoms with van der Waals surface area (Å²) >= 11 is 0. The Labute approximate surface area is 106 Å². The van der Waals surface area contributed by atoms with Gasteiger partial charge in [-0.05, 0) is 52.9 Å². The molecule has 1 heterocycles. The van der Waals surface area contributed by atoms with E-state index in [9.17, 15) is 5.11 Å². The van der Waals surface area contributed by atoms with Crippen LogP contribution in [0.3, 0.4) is 0 Å². The largest absolute Gasteiger partial charge is 0.392 e. The van der Waals surface area contributed by atoms with Gasteiger partial charge < -0.3 is 9.84 Å². The normalized spacial score (nSPS) is 34.8. The van der Waals surface area contributed by atoms with Crippen LogP contribution < -0.4 is 0 Å². The van der Waals surface area contributed by atoms with Gasteiger partial charge in [0.2, 0.25) is 0 Å².